The zero-order valence-electron chi connectivity index (χ0n) is 22.8. The molecule has 0 saturated carbocycles. The third kappa shape index (κ3) is 17.3. The van der Waals surface area contributed by atoms with E-state index in [0.717, 1.165) is 25.7 Å². The summed E-state index contributed by atoms with van der Waals surface area (Å²) in [5, 5.41) is 0. The summed E-state index contributed by atoms with van der Waals surface area (Å²) in [6.45, 7) is 5.25. The molecular formula is C30H52O5. The number of carbonyl (C=O) groups excluding carboxylic acids is 2. The lowest BCUT2D eigenvalue weighted by Gasteiger charge is -2.04. The highest BCUT2D eigenvalue weighted by Crippen LogP contribution is 2.14. The quantitative estimate of drug-likeness (QED) is 0.106. The summed E-state index contributed by atoms with van der Waals surface area (Å²) >= 11 is 0. The van der Waals surface area contributed by atoms with Gasteiger partial charge in [-0.3, -0.25) is 0 Å². The monoisotopic (exact) mass is 492 g/mol. The maximum Gasteiger partial charge on any atom is 0.374 e. The van der Waals surface area contributed by atoms with Crippen molar-refractivity contribution in [2.75, 3.05) is 13.2 Å². The zero-order chi connectivity index (χ0) is 25.4. The van der Waals surface area contributed by atoms with Crippen LogP contribution in [0.2, 0.25) is 0 Å². The Hall–Kier alpha value is -1.78. The molecule has 0 aliphatic rings. The number of furan rings is 1. The highest BCUT2D eigenvalue weighted by atomic mass is 16.6. The molecule has 0 aromatic carbocycles. The average molecular weight is 493 g/mol. The largest absolute Gasteiger partial charge is 0.460 e. The Balaban J connectivity index is 2.01. The second kappa shape index (κ2) is 22.7. The van der Waals surface area contributed by atoms with Crippen LogP contribution in [-0.2, 0) is 9.47 Å². The van der Waals surface area contributed by atoms with Crippen molar-refractivity contribution in [1.82, 2.24) is 0 Å². The van der Waals surface area contributed by atoms with E-state index in [9.17, 15) is 9.59 Å². The minimum atomic E-state index is -0.519. The van der Waals surface area contributed by atoms with Gasteiger partial charge in [-0.15, -0.1) is 0 Å². The lowest BCUT2D eigenvalue weighted by Crippen LogP contribution is -2.07. The molecule has 0 aliphatic carbocycles. The topological polar surface area (TPSA) is 65.7 Å². The van der Waals surface area contributed by atoms with Crippen LogP contribution >= 0.6 is 0 Å². The second-order valence-electron chi connectivity index (χ2n) is 9.80. The van der Waals surface area contributed by atoms with Crippen LogP contribution in [0.5, 0.6) is 0 Å². The van der Waals surface area contributed by atoms with Gasteiger partial charge in [-0.2, -0.15) is 0 Å². The molecule has 0 atom stereocenters. The Morgan fingerprint density at radius 3 is 1.11 bits per heavy atom. The summed E-state index contributed by atoms with van der Waals surface area (Å²) < 4.78 is 15.9. The summed E-state index contributed by atoms with van der Waals surface area (Å²) in [4.78, 5) is 24.3. The van der Waals surface area contributed by atoms with Gasteiger partial charge in [0.2, 0.25) is 11.5 Å². The van der Waals surface area contributed by atoms with Crippen molar-refractivity contribution in [3.05, 3.63) is 23.7 Å². The van der Waals surface area contributed by atoms with Gasteiger partial charge in [0.05, 0.1) is 13.2 Å². The maximum atomic E-state index is 12.1. The van der Waals surface area contributed by atoms with Crippen LogP contribution in [0.1, 0.15) is 163 Å². The van der Waals surface area contributed by atoms with E-state index in [-0.39, 0.29) is 11.5 Å². The molecule has 1 aromatic heterocycles. The van der Waals surface area contributed by atoms with Gasteiger partial charge in [0.15, 0.2) is 0 Å². The Bertz CT molecular complexity index is 584. The number of hydrogen-bond acceptors (Lipinski definition) is 5. The van der Waals surface area contributed by atoms with Gasteiger partial charge in [0.1, 0.15) is 0 Å². The maximum absolute atomic E-state index is 12.1. The van der Waals surface area contributed by atoms with E-state index in [2.05, 4.69) is 13.8 Å². The molecule has 1 heterocycles. The first-order valence-electron chi connectivity index (χ1n) is 14.6. The second-order valence-corrected chi connectivity index (χ2v) is 9.80. The number of rotatable bonds is 24. The fraction of sp³-hybridized carbons (Fsp3) is 0.800. The molecule has 0 aliphatic heterocycles. The molecule has 0 spiro atoms. The summed E-state index contributed by atoms with van der Waals surface area (Å²) in [6.07, 6.45) is 24.7. The van der Waals surface area contributed by atoms with Gasteiger partial charge in [-0.05, 0) is 25.0 Å². The molecule has 35 heavy (non-hydrogen) atoms. The van der Waals surface area contributed by atoms with Crippen LogP contribution in [0.4, 0.5) is 0 Å². The van der Waals surface area contributed by atoms with Gasteiger partial charge in [-0.25, -0.2) is 9.59 Å². The predicted octanol–water partition coefficient (Wildman–Crippen LogP) is 9.44. The average Bonchev–Trinajstić information content (AvgIpc) is 3.36. The van der Waals surface area contributed by atoms with E-state index >= 15 is 0 Å². The highest BCUT2D eigenvalue weighted by Gasteiger charge is 2.17. The van der Waals surface area contributed by atoms with E-state index in [1.807, 2.05) is 0 Å². The SMILES string of the molecule is CCCCCCCCCCCCOC(=O)c1ccc(C(=O)OCCCCCCCCCCCC)o1. The highest BCUT2D eigenvalue weighted by molar-refractivity contribution is 5.90. The third-order valence-corrected chi connectivity index (χ3v) is 6.47. The standard InChI is InChI=1S/C30H52O5/c1-3-5-7-9-11-13-15-17-19-21-25-33-29(31)27-23-24-28(35-27)30(32)34-26-22-20-18-16-14-12-10-8-6-4-2/h23-24H,3-22,25-26H2,1-2H3. The molecule has 0 radical (unpaired) electrons. The van der Waals surface area contributed by atoms with Gasteiger partial charge in [0.25, 0.3) is 0 Å². The Kier molecular flexibility index (Phi) is 20.2. The smallest absolute Gasteiger partial charge is 0.374 e. The van der Waals surface area contributed by atoms with Crippen molar-refractivity contribution in [1.29, 1.82) is 0 Å². The molecule has 202 valence electrons. The molecule has 0 fully saturated rings. The first-order valence-corrected chi connectivity index (χ1v) is 14.6. The Morgan fingerprint density at radius 2 is 0.800 bits per heavy atom. The molecule has 0 amide bonds. The molecule has 0 saturated heterocycles. The van der Waals surface area contributed by atoms with Crippen LogP contribution in [0, 0.1) is 0 Å². The Morgan fingerprint density at radius 1 is 0.514 bits per heavy atom. The normalized spacial score (nSPS) is 11.0. The molecule has 0 N–H and O–H groups in total. The first kappa shape index (κ1) is 31.3. The van der Waals surface area contributed by atoms with Crippen molar-refractivity contribution >= 4 is 11.9 Å². The Labute approximate surface area is 214 Å². The van der Waals surface area contributed by atoms with Crippen molar-refractivity contribution in [2.45, 2.75) is 142 Å². The van der Waals surface area contributed by atoms with E-state index in [0.29, 0.717) is 13.2 Å². The molecular weight excluding hydrogens is 440 g/mol. The van der Waals surface area contributed by atoms with Gasteiger partial charge in [-0.1, -0.05) is 129 Å². The first-order chi connectivity index (χ1) is 17.2. The van der Waals surface area contributed by atoms with E-state index in [4.69, 9.17) is 13.9 Å². The fourth-order valence-corrected chi connectivity index (χ4v) is 4.21. The van der Waals surface area contributed by atoms with Gasteiger partial charge < -0.3 is 13.9 Å². The third-order valence-electron chi connectivity index (χ3n) is 6.47. The van der Waals surface area contributed by atoms with E-state index < -0.39 is 11.9 Å². The fourth-order valence-electron chi connectivity index (χ4n) is 4.21. The predicted molar refractivity (Wildman–Crippen MR) is 143 cm³/mol. The number of hydrogen-bond donors (Lipinski definition) is 0. The van der Waals surface area contributed by atoms with Gasteiger partial charge in [0, 0.05) is 0 Å². The number of esters is 2. The van der Waals surface area contributed by atoms with Crippen molar-refractivity contribution < 1.29 is 23.5 Å². The van der Waals surface area contributed by atoms with Crippen LogP contribution in [0.15, 0.2) is 16.5 Å². The summed E-state index contributed by atoms with van der Waals surface area (Å²) in [5.41, 5.74) is 0. The molecule has 0 bridgehead atoms. The zero-order valence-corrected chi connectivity index (χ0v) is 22.8. The van der Waals surface area contributed by atoms with Crippen molar-refractivity contribution in [2.24, 2.45) is 0 Å². The molecule has 5 nitrogen and oxygen atoms in total. The molecule has 0 unspecified atom stereocenters. The molecule has 5 heteroatoms. The summed E-state index contributed by atoms with van der Waals surface area (Å²) in [5.74, 6) is -0.921. The minimum absolute atomic E-state index is 0.0583. The summed E-state index contributed by atoms with van der Waals surface area (Å²) in [6, 6.07) is 2.97. The van der Waals surface area contributed by atoms with Crippen LogP contribution in [0.25, 0.3) is 0 Å². The molecule has 1 aromatic rings. The minimum Gasteiger partial charge on any atom is -0.460 e. The molecule has 1 rings (SSSR count). The van der Waals surface area contributed by atoms with Gasteiger partial charge >= 0.3 is 11.9 Å². The van der Waals surface area contributed by atoms with Crippen LogP contribution in [-0.4, -0.2) is 25.2 Å². The van der Waals surface area contributed by atoms with E-state index in [1.165, 1.54) is 115 Å². The van der Waals surface area contributed by atoms with E-state index in [1.54, 1.807) is 0 Å². The summed E-state index contributed by atoms with van der Waals surface area (Å²) in [7, 11) is 0. The lowest BCUT2D eigenvalue weighted by atomic mass is 10.1. The van der Waals surface area contributed by atoms with Crippen LogP contribution < -0.4 is 0 Å². The number of unbranched alkanes of at least 4 members (excludes halogenated alkanes) is 18. The van der Waals surface area contributed by atoms with Crippen molar-refractivity contribution in [3.63, 3.8) is 0 Å². The lowest BCUT2D eigenvalue weighted by molar-refractivity contribution is 0.0426. The number of carbonyl (C=O) groups is 2. The van der Waals surface area contributed by atoms with Crippen LogP contribution in [0.3, 0.4) is 0 Å². The van der Waals surface area contributed by atoms with Crippen molar-refractivity contribution in [3.8, 4) is 0 Å². The number of ether oxygens (including phenoxy) is 2.